The van der Waals surface area contributed by atoms with Crippen LogP contribution in [0, 0.1) is 0 Å². The molecule has 0 saturated carbocycles. The molecule has 9 atom stereocenters. The van der Waals surface area contributed by atoms with Crippen LogP contribution in [0.5, 0.6) is 0 Å². The highest BCUT2D eigenvalue weighted by atomic mass is 16.7. The van der Waals surface area contributed by atoms with Gasteiger partial charge < -0.3 is 50.5 Å². The van der Waals surface area contributed by atoms with Gasteiger partial charge in [0.1, 0.15) is 36.6 Å². The van der Waals surface area contributed by atoms with Gasteiger partial charge in [-0.15, -0.1) is 0 Å². The number of hydrogen-bond donors (Lipinski definition) is 8. The van der Waals surface area contributed by atoms with Crippen LogP contribution in [0.2, 0.25) is 0 Å². The number of unbranched alkanes of at least 4 members (excludes halogenated alkanes) is 23. The van der Waals surface area contributed by atoms with E-state index in [1.165, 1.54) is 103 Å². The zero-order chi connectivity index (χ0) is 38.4. The molecule has 1 heterocycles. The lowest BCUT2D eigenvalue weighted by Crippen LogP contribution is -2.60. The highest BCUT2D eigenvalue weighted by molar-refractivity contribution is 5.80. The van der Waals surface area contributed by atoms with Crippen molar-refractivity contribution in [3.05, 3.63) is 0 Å². The summed E-state index contributed by atoms with van der Waals surface area (Å²) in [5.41, 5.74) is 0. The van der Waals surface area contributed by atoms with Crippen molar-refractivity contribution in [2.24, 2.45) is 0 Å². The van der Waals surface area contributed by atoms with Crippen molar-refractivity contribution in [1.82, 2.24) is 5.32 Å². The van der Waals surface area contributed by atoms with Gasteiger partial charge in [-0.25, -0.2) is 0 Å². The fraction of sp³-hybridized carbons (Fsp3) is 0.976. The van der Waals surface area contributed by atoms with Crippen LogP contribution in [0.4, 0.5) is 0 Å². The summed E-state index contributed by atoms with van der Waals surface area (Å²) in [7, 11) is 0. The van der Waals surface area contributed by atoms with E-state index >= 15 is 0 Å². The Morgan fingerprint density at radius 1 is 0.596 bits per heavy atom. The molecule has 52 heavy (non-hydrogen) atoms. The Balaban J connectivity index is 2.32. The molecule has 1 rings (SSSR count). The first-order chi connectivity index (χ1) is 25.2. The van der Waals surface area contributed by atoms with Crippen LogP contribution < -0.4 is 5.32 Å². The Hall–Kier alpha value is -0.890. The fourth-order valence-corrected chi connectivity index (χ4v) is 7.03. The summed E-state index contributed by atoms with van der Waals surface area (Å²) in [6, 6.07) is -1.16. The van der Waals surface area contributed by atoms with Crippen molar-refractivity contribution < 1.29 is 50.0 Å². The van der Waals surface area contributed by atoms with Gasteiger partial charge in [0.2, 0.25) is 5.91 Å². The highest BCUT2D eigenvalue weighted by Gasteiger charge is 2.44. The molecule has 0 aromatic carbocycles. The molecule has 0 bridgehead atoms. The minimum atomic E-state index is -1.65. The summed E-state index contributed by atoms with van der Waals surface area (Å²) in [4.78, 5) is 13.0. The van der Waals surface area contributed by atoms with E-state index in [2.05, 4.69) is 19.2 Å². The van der Waals surface area contributed by atoms with E-state index < -0.39 is 74.2 Å². The van der Waals surface area contributed by atoms with Crippen molar-refractivity contribution in [3.8, 4) is 0 Å². The summed E-state index contributed by atoms with van der Waals surface area (Å²) >= 11 is 0. The van der Waals surface area contributed by atoms with Crippen LogP contribution in [-0.2, 0) is 14.3 Å². The Bertz CT molecular complexity index is 820. The van der Waals surface area contributed by atoms with Crippen molar-refractivity contribution in [1.29, 1.82) is 0 Å². The molecular weight excluding hydrogens is 666 g/mol. The Labute approximate surface area is 316 Å². The predicted molar refractivity (Wildman–Crippen MR) is 206 cm³/mol. The molecule has 0 aliphatic carbocycles. The van der Waals surface area contributed by atoms with E-state index in [9.17, 15) is 40.5 Å². The highest BCUT2D eigenvalue weighted by Crippen LogP contribution is 2.23. The largest absolute Gasteiger partial charge is 0.394 e. The number of carbonyl (C=O) groups is 1. The number of carbonyl (C=O) groups excluding carboxylic acids is 1. The van der Waals surface area contributed by atoms with Gasteiger partial charge >= 0.3 is 0 Å². The molecule has 1 aliphatic rings. The first-order valence-electron chi connectivity index (χ1n) is 21.4. The van der Waals surface area contributed by atoms with Crippen LogP contribution in [0.1, 0.15) is 187 Å². The third-order valence-electron chi connectivity index (χ3n) is 10.7. The molecule has 0 aromatic heterocycles. The Kier molecular flexibility index (Phi) is 30.6. The third kappa shape index (κ3) is 22.5. The van der Waals surface area contributed by atoms with Crippen molar-refractivity contribution >= 4 is 5.91 Å². The summed E-state index contributed by atoms with van der Waals surface area (Å²) in [6.07, 6.45) is 19.4. The summed E-state index contributed by atoms with van der Waals surface area (Å²) in [5, 5.41) is 74.9. The minimum Gasteiger partial charge on any atom is -0.394 e. The van der Waals surface area contributed by atoms with Gasteiger partial charge in [-0.1, -0.05) is 174 Å². The molecule has 0 aromatic rings. The van der Waals surface area contributed by atoms with Gasteiger partial charge in [0.15, 0.2) is 6.29 Å². The number of nitrogens with one attached hydrogen (secondary N) is 1. The fourth-order valence-electron chi connectivity index (χ4n) is 7.03. The molecule has 310 valence electrons. The van der Waals surface area contributed by atoms with Gasteiger partial charge in [-0.2, -0.15) is 0 Å². The summed E-state index contributed by atoms with van der Waals surface area (Å²) < 4.78 is 11.0. The van der Waals surface area contributed by atoms with E-state index in [-0.39, 0.29) is 6.42 Å². The lowest BCUT2D eigenvalue weighted by molar-refractivity contribution is -0.303. The molecule has 1 saturated heterocycles. The number of amides is 1. The number of aliphatic hydroxyl groups is 7. The molecule has 11 nitrogen and oxygen atoms in total. The van der Waals surface area contributed by atoms with Crippen LogP contribution in [0.15, 0.2) is 0 Å². The second-order valence-electron chi connectivity index (χ2n) is 15.4. The van der Waals surface area contributed by atoms with Crippen LogP contribution >= 0.6 is 0 Å². The maximum atomic E-state index is 13.0. The standard InChI is InChI=1S/C41H81NO10/c1-3-5-7-9-10-11-12-13-14-15-16-17-18-19-20-21-22-23-25-27-29-34(45)40(50)42-32(36(46)33(44)28-26-24-8-6-4-2)31-51-41-39(49)38(48)37(47)35(30-43)52-41/h32-39,41,43-49H,3-31H2,1-2H3,(H,42,50)/t32-,33+,34+,35-,36-,37-,38-,39-,41-/m0/s1. The average molecular weight is 748 g/mol. The van der Waals surface area contributed by atoms with E-state index in [0.717, 1.165) is 44.9 Å². The molecule has 11 heteroatoms. The number of ether oxygens (including phenoxy) is 2. The minimum absolute atomic E-state index is 0.265. The van der Waals surface area contributed by atoms with Crippen LogP contribution in [-0.4, -0.2) is 110 Å². The monoisotopic (exact) mass is 748 g/mol. The number of aliphatic hydroxyl groups excluding tert-OH is 7. The number of hydrogen-bond acceptors (Lipinski definition) is 10. The van der Waals surface area contributed by atoms with Gasteiger partial charge in [0.25, 0.3) is 0 Å². The zero-order valence-electron chi connectivity index (χ0n) is 33.1. The van der Waals surface area contributed by atoms with Crippen molar-refractivity contribution in [2.75, 3.05) is 13.2 Å². The van der Waals surface area contributed by atoms with Crippen LogP contribution in [0.3, 0.4) is 0 Å². The maximum Gasteiger partial charge on any atom is 0.249 e. The lowest BCUT2D eigenvalue weighted by atomic mass is 9.98. The second kappa shape index (κ2) is 32.4. The predicted octanol–water partition coefficient (Wildman–Crippen LogP) is 5.94. The van der Waals surface area contributed by atoms with Gasteiger partial charge in [-0.05, 0) is 12.8 Å². The Morgan fingerprint density at radius 2 is 1.00 bits per heavy atom. The van der Waals surface area contributed by atoms with E-state index in [0.29, 0.717) is 19.3 Å². The molecule has 0 spiro atoms. The van der Waals surface area contributed by atoms with E-state index in [4.69, 9.17) is 9.47 Å². The summed E-state index contributed by atoms with van der Waals surface area (Å²) in [5.74, 6) is -0.700. The molecule has 0 radical (unpaired) electrons. The molecule has 1 aliphatic heterocycles. The molecule has 8 N–H and O–H groups in total. The van der Waals surface area contributed by atoms with E-state index in [1.54, 1.807) is 0 Å². The first-order valence-corrected chi connectivity index (χ1v) is 21.4. The lowest BCUT2D eigenvalue weighted by Gasteiger charge is -2.40. The average Bonchev–Trinajstić information content (AvgIpc) is 3.14. The molecular formula is C41H81NO10. The van der Waals surface area contributed by atoms with Crippen molar-refractivity contribution in [2.45, 2.75) is 242 Å². The van der Waals surface area contributed by atoms with Crippen molar-refractivity contribution in [3.63, 3.8) is 0 Å². The molecule has 1 fully saturated rings. The third-order valence-corrected chi connectivity index (χ3v) is 10.7. The van der Waals surface area contributed by atoms with Gasteiger partial charge in [0, 0.05) is 0 Å². The molecule has 0 unspecified atom stereocenters. The topological polar surface area (TPSA) is 189 Å². The molecule has 1 amide bonds. The van der Waals surface area contributed by atoms with Gasteiger partial charge in [-0.3, -0.25) is 4.79 Å². The maximum absolute atomic E-state index is 13.0. The summed E-state index contributed by atoms with van der Waals surface area (Å²) in [6.45, 7) is 3.33. The second-order valence-corrected chi connectivity index (χ2v) is 15.4. The first kappa shape index (κ1) is 49.1. The SMILES string of the molecule is CCCCCCCCCCCCCCCCCCCCCC[C@@H](O)C(=O)N[C@@H](CO[C@H]1O[C@@H](CO)[C@H](O)[C@H](O)[C@@H]1O)[C@H](O)[C@H](O)CCCCCCC. The van der Waals surface area contributed by atoms with Gasteiger partial charge in [0.05, 0.1) is 25.4 Å². The Morgan fingerprint density at radius 3 is 1.42 bits per heavy atom. The normalized spacial score (nSPS) is 23.0. The smallest absolute Gasteiger partial charge is 0.249 e. The number of rotatable bonds is 35. The zero-order valence-corrected chi connectivity index (χ0v) is 33.1. The van der Waals surface area contributed by atoms with Crippen LogP contribution in [0.25, 0.3) is 0 Å². The quantitative estimate of drug-likeness (QED) is 0.0360. The van der Waals surface area contributed by atoms with E-state index in [1.807, 2.05) is 0 Å².